The maximum Gasteiger partial charge on any atom is 0.257 e. The lowest BCUT2D eigenvalue weighted by molar-refractivity contribution is 0.102. The number of nitrogens with zero attached hydrogens (tertiary/aromatic N) is 3. The lowest BCUT2D eigenvalue weighted by Gasteiger charge is -2.11. The molecule has 2 aromatic carbocycles. The fourth-order valence-electron chi connectivity index (χ4n) is 2.75. The minimum atomic E-state index is -0.736. The molecule has 4 aromatic rings. The van der Waals surface area contributed by atoms with Crippen LogP contribution in [0.2, 0.25) is 15.2 Å². The van der Waals surface area contributed by atoms with Crippen LogP contribution in [0.3, 0.4) is 0 Å². The molecule has 0 saturated carbocycles. The minimum absolute atomic E-state index is 0.00420. The lowest BCUT2D eigenvalue weighted by atomic mass is 10.0. The molecule has 0 aliphatic carbocycles. The summed E-state index contributed by atoms with van der Waals surface area (Å²) in [6.07, 6.45) is 2.91. The van der Waals surface area contributed by atoms with Gasteiger partial charge in [0.25, 0.3) is 5.91 Å². The lowest BCUT2D eigenvalue weighted by Crippen LogP contribution is -2.14. The first-order valence-corrected chi connectivity index (χ1v) is 9.22. The number of benzene rings is 2. The van der Waals surface area contributed by atoms with Crippen molar-refractivity contribution in [2.24, 2.45) is 0 Å². The van der Waals surface area contributed by atoms with Crippen LogP contribution >= 0.6 is 34.8 Å². The molecule has 0 atom stereocenters. The van der Waals surface area contributed by atoms with Crippen molar-refractivity contribution in [2.75, 3.05) is 5.32 Å². The molecule has 2 heterocycles. The quantitative estimate of drug-likeness (QED) is 0.421. The van der Waals surface area contributed by atoms with Crippen LogP contribution in [0.25, 0.3) is 16.8 Å². The fourth-order valence-corrected chi connectivity index (χ4v) is 3.44. The molecule has 0 aliphatic heterocycles. The normalized spacial score (nSPS) is 11.1. The molecule has 0 bridgehead atoms. The molecule has 0 fully saturated rings. The van der Waals surface area contributed by atoms with E-state index in [9.17, 15) is 13.6 Å². The number of hydrogen-bond acceptors (Lipinski definition) is 3. The Morgan fingerprint density at radius 1 is 1.00 bits per heavy atom. The van der Waals surface area contributed by atoms with Crippen LogP contribution in [-0.2, 0) is 0 Å². The van der Waals surface area contributed by atoms with E-state index < -0.39 is 17.5 Å². The first-order chi connectivity index (χ1) is 13.8. The van der Waals surface area contributed by atoms with Crippen LogP contribution in [0.15, 0.2) is 48.8 Å². The highest BCUT2D eigenvalue weighted by Crippen LogP contribution is 2.34. The predicted octanol–water partition coefficient (Wildman–Crippen LogP) is 5.89. The summed E-state index contributed by atoms with van der Waals surface area (Å²) >= 11 is 18.0. The number of hydrogen-bond donors (Lipinski definition) is 1. The van der Waals surface area contributed by atoms with Gasteiger partial charge in [-0.2, -0.15) is 5.10 Å². The van der Waals surface area contributed by atoms with E-state index >= 15 is 0 Å². The smallest absolute Gasteiger partial charge is 0.257 e. The molecule has 2 aromatic heterocycles. The summed E-state index contributed by atoms with van der Waals surface area (Å²) in [7, 11) is 0. The minimum Gasteiger partial charge on any atom is -0.319 e. The van der Waals surface area contributed by atoms with Crippen molar-refractivity contribution in [2.45, 2.75) is 0 Å². The third kappa shape index (κ3) is 3.89. The molecule has 0 saturated heterocycles. The van der Waals surface area contributed by atoms with Crippen molar-refractivity contribution in [1.82, 2.24) is 14.6 Å². The van der Waals surface area contributed by atoms with Crippen LogP contribution in [0, 0.1) is 11.6 Å². The number of anilines is 1. The Labute approximate surface area is 177 Å². The van der Waals surface area contributed by atoms with Crippen LogP contribution < -0.4 is 5.32 Å². The highest BCUT2D eigenvalue weighted by molar-refractivity contribution is 6.35. The summed E-state index contributed by atoms with van der Waals surface area (Å²) in [6.45, 7) is 0. The van der Waals surface area contributed by atoms with Crippen LogP contribution in [0.4, 0.5) is 14.5 Å². The maximum atomic E-state index is 14.7. The second-order valence-electron chi connectivity index (χ2n) is 6.00. The Bertz CT molecular complexity index is 1280. The van der Waals surface area contributed by atoms with Gasteiger partial charge in [0.05, 0.1) is 33.7 Å². The molecule has 5 nitrogen and oxygen atoms in total. The summed E-state index contributed by atoms with van der Waals surface area (Å²) in [5.74, 6) is -1.93. The van der Waals surface area contributed by atoms with Crippen molar-refractivity contribution >= 4 is 52.0 Å². The number of amides is 1. The molecule has 0 unspecified atom stereocenters. The zero-order valence-corrected chi connectivity index (χ0v) is 16.5. The molecule has 1 amide bonds. The average molecular weight is 454 g/mol. The third-order valence-electron chi connectivity index (χ3n) is 4.06. The van der Waals surface area contributed by atoms with Gasteiger partial charge in [-0.15, -0.1) is 0 Å². The molecule has 0 aliphatic rings. The van der Waals surface area contributed by atoms with E-state index in [1.54, 1.807) is 6.07 Å². The van der Waals surface area contributed by atoms with E-state index in [-0.39, 0.29) is 31.9 Å². The average Bonchev–Trinajstić information content (AvgIpc) is 3.03. The van der Waals surface area contributed by atoms with E-state index in [0.717, 1.165) is 18.2 Å². The van der Waals surface area contributed by atoms with Crippen molar-refractivity contribution in [3.8, 4) is 11.1 Å². The molecule has 146 valence electrons. The number of aromatic nitrogens is 3. The largest absolute Gasteiger partial charge is 0.319 e. The fraction of sp³-hybridized carbons (Fsp3) is 0. The second kappa shape index (κ2) is 7.59. The maximum absolute atomic E-state index is 14.7. The summed E-state index contributed by atoms with van der Waals surface area (Å²) in [5, 5.41) is 6.83. The van der Waals surface area contributed by atoms with Gasteiger partial charge in [-0.1, -0.05) is 34.8 Å². The topological polar surface area (TPSA) is 59.3 Å². The molecule has 10 heteroatoms. The van der Waals surface area contributed by atoms with Crippen molar-refractivity contribution in [3.63, 3.8) is 0 Å². The Kier molecular flexibility index (Phi) is 5.12. The van der Waals surface area contributed by atoms with Crippen LogP contribution in [-0.4, -0.2) is 20.5 Å². The first-order valence-electron chi connectivity index (χ1n) is 8.08. The molecular formula is C19H9Cl3F2N4O. The van der Waals surface area contributed by atoms with E-state index in [1.165, 1.54) is 29.0 Å². The summed E-state index contributed by atoms with van der Waals surface area (Å²) in [6, 6.07) is 7.36. The highest BCUT2D eigenvalue weighted by Gasteiger charge is 2.18. The molecule has 0 spiro atoms. The Hall–Kier alpha value is -2.74. The SMILES string of the molecule is O=C(Nc1cnc2cc(Cl)nn2c1)c1cc(F)c(-c2ccc(F)cc2Cl)cc1Cl. The predicted molar refractivity (Wildman–Crippen MR) is 108 cm³/mol. The molecule has 29 heavy (non-hydrogen) atoms. The van der Waals surface area contributed by atoms with Gasteiger partial charge >= 0.3 is 0 Å². The van der Waals surface area contributed by atoms with E-state index in [0.29, 0.717) is 11.3 Å². The number of halogens is 5. The Balaban J connectivity index is 1.65. The molecule has 4 rings (SSSR count). The molecule has 1 N–H and O–H groups in total. The number of fused-ring (bicyclic) bond motifs is 1. The molecule has 0 radical (unpaired) electrons. The zero-order chi connectivity index (χ0) is 20.7. The number of carbonyl (C=O) groups excluding carboxylic acids is 1. The van der Waals surface area contributed by atoms with Gasteiger partial charge in [-0.05, 0) is 30.3 Å². The van der Waals surface area contributed by atoms with Crippen molar-refractivity contribution in [1.29, 1.82) is 0 Å². The van der Waals surface area contributed by atoms with Gasteiger partial charge in [0, 0.05) is 17.2 Å². The van der Waals surface area contributed by atoms with Gasteiger partial charge < -0.3 is 5.32 Å². The Morgan fingerprint density at radius 3 is 2.55 bits per heavy atom. The monoisotopic (exact) mass is 452 g/mol. The molecular weight excluding hydrogens is 445 g/mol. The van der Waals surface area contributed by atoms with Gasteiger partial charge in [0.2, 0.25) is 0 Å². The van der Waals surface area contributed by atoms with Crippen molar-refractivity contribution < 1.29 is 13.6 Å². The standard InChI is InChI=1S/C19H9Cl3F2N4O/c20-14-3-9(23)1-2-11(14)12-4-15(21)13(5-16(12)24)19(29)26-10-7-25-18-6-17(22)27-28(18)8-10/h1-8H,(H,26,29). The van der Waals surface area contributed by atoms with Crippen molar-refractivity contribution in [3.05, 3.63) is 81.2 Å². The zero-order valence-electron chi connectivity index (χ0n) is 14.3. The number of rotatable bonds is 3. The number of carbonyl (C=O) groups is 1. The highest BCUT2D eigenvalue weighted by atomic mass is 35.5. The van der Waals surface area contributed by atoms with Crippen LogP contribution in [0.5, 0.6) is 0 Å². The van der Waals surface area contributed by atoms with Crippen LogP contribution in [0.1, 0.15) is 10.4 Å². The Morgan fingerprint density at radius 2 is 1.79 bits per heavy atom. The van der Waals surface area contributed by atoms with Gasteiger partial charge in [0.15, 0.2) is 10.8 Å². The summed E-state index contributed by atoms with van der Waals surface area (Å²) in [5.41, 5.74) is 1.02. The van der Waals surface area contributed by atoms with Gasteiger partial charge in [-0.25, -0.2) is 18.3 Å². The van der Waals surface area contributed by atoms with Gasteiger partial charge in [0.1, 0.15) is 11.6 Å². The summed E-state index contributed by atoms with van der Waals surface area (Å²) in [4.78, 5) is 16.7. The number of nitrogens with one attached hydrogen (secondary N) is 1. The van der Waals surface area contributed by atoms with E-state index in [2.05, 4.69) is 15.4 Å². The third-order valence-corrected chi connectivity index (χ3v) is 4.87. The van der Waals surface area contributed by atoms with E-state index in [1.807, 2.05) is 0 Å². The van der Waals surface area contributed by atoms with E-state index in [4.69, 9.17) is 34.8 Å². The summed E-state index contributed by atoms with van der Waals surface area (Å²) < 4.78 is 29.3. The second-order valence-corrected chi connectivity index (χ2v) is 7.20. The van der Waals surface area contributed by atoms with Gasteiger partial charge in [-0.3, -0.25) is 4.79 Å². The first kappa shape index (κ1) is 19.6.